The number of benzene rings is 1. The number of fused-ring (bicyclic) bond motifs is 1. The largest absolute Gasteiger partial charge is 0.355 e. The summed E-state index contributed by atoms with van der Waals surface area (Å²) in [5.74, 6) is -0.0983. The molecule has 2 rings (SSSR count). The summed E-state index contributed by atoms with van der Waals surface area (Å²) in [7, 11) is 0. The van der Waals surface area contributed by atoms with Gasteiger partial charge in [-0.2, -0.15) is 0 Å². The van der Waals surface area contributed by atoms with Crippen LogP contribution in [0.3, 0.4) is 0 Å². The number of carbonyl (C=O) groups is 2. The van der Waals surface area contributed by atoms with Crippen molar-refractivity contribution in [3.8, 4) is 0 Å². The number of nitrogens with one attached hydrogen (secondary N) is 3. The van der Waals surface area contributed by atoms with Gasteiger partial charge in [0.25, 0.3) is 0 Å². The molecule has 1 unspecified atom stereocenters. The van der Waals surface area contributed by atoms with E-state index in [-0.39, 0.29) is 17.9 Å². The van der Waals surface area contributed by atoms with E-state index in [4.69, 9.17) is 0 Å². The van der Waals surface area contributed by atoms with Crippen molar-refractivity contribution < 1.29 is 9.59 Å². The van der Waals surface area contributed by atoms with Crippen LogP contribution in [0, 0.1) is 0 Å². The van der Waals surface area contributed by atoms with Gasteiger partial charge in [-0.1, -0.05) is 24.3 Å². The van der Waals surface area contributed by atoms with Gasteiger partial charge in [-0.25, -0.2) is 0 Å². The Bertz CT molecular complexity index is 474. The molecule has 0 saturated carbocycles. The van der Waals surface area contributed by atoms with Crippen molar-refractivity contribution >= 4 is 11.8 Å². The van der Waals surface area contributed by atoms with Gasteiger partial charge >= 0.3 is 0 Å². The van der Waals surface area contributed by atoms with E-state index in [1.165, 1.54) is 18.1 Å². The monoisotopic (exact) mass is 261 g/mol. The normalized spacial score (nSPS) is 17.4. The van der Waals surface area contributed by atoms with Gasteiger partial charge in [0.15, 0.2) is 0 Å². The van der Waals surface area contributed by atoms with Gasteiger partial charge in [0.05, 0.1) is 6.04 Å². The Balaban J connectivity index is 1.80. The third-order valence-electron chi connectivity index (χ3n) is 3.20. The van der Waals surface area contributed by atoms with E-state index in [9.17, 15) is 9.59 Å². The Morgan fingerprint density at radius 3 is 2.63 bits per heavy atom. The van der Waals surface area contributed by atoms with Crippen LogP contribution in [0.5, 0.6) is 0 Å². The van der Waals surface area contributed by atoms with Gasteiger partial charge in [0.1, 0.15) is 0 Å². The first kappa shape index (κ1) is 13.5. The van der Waals surface area contributed by atoms with E-state index >= 15 is 0 Å². The minimum absolute atomic E-state index is 0.0140. The zero-order chi connectivity index (χ0) is 13.7. The highest BCUT2D eigenvalue weighted by Gasteiger charge is 2.23. The molecule has 0 aliphatic carbocycles. The van der Waals surface area contributed by atoms with Crippen molar-refractivity contribution in [3.05, 3.63) is 35.4 Å². The molecule has 1 aromatic carbocycles. The zero-order valence-corrected chi connectivity index (χ0v) is 11.0. The minimum Gasteiger partial charge on any atom is -0.355 e. The van der Waals surface area contributed by atoms with E-state index in [0.717, 1.165) is 6.54 Å². The lowest BCUT2D eigenvalue weighted by molar-refractivity contribution is -0.123. The molecular formula is C14H19N3O2. The molecule has 1 aromatic rings. The predicted octanol–water partition coefficient (Wildman–Crippen LogP) is -0.0468. The lowest BCUT2D eigenvalue weighted by Gasteiger charge is -2.25. The molecule has 0 radical (unpaired) electrons. The predicted molar refractivity (Wildman–Crippen MR) is 72.5 cm³/mol. The van der Waals surface area contributed by atoms with Crippen LogP contribution in [0.2, 0.25) is 0 Å². The highest BCUT2D eigenvalue weighted by Crippen LogP contribution is 2.16. The SMILES string of the molecule is CC(=O)NCCNC(=O)C1Cc2ccccc2CN1. The summed E-state index contributed by atoms with van der Waals surface area (Å²) in [5.41, 5.74) is 2.48. The Kier molecular flexibility index (Phi) is 4.52. The van der Waals surface area contributed by atoms with Crippen LogP contribution in [0.1, 0.15) is 18.1 Å². The number of amides is 2. The van der Waals surface area contributed by atoms with Crippen LogP contribution in [0.25, 0.3) is 0 Å². The van der Waals surface area contributed by atoms with E-state index < -0.39 is 0 Å². The van der Waals surface area contributed by atoms with Crippen LogP contribution >= 0.6 is 0 Å². The smallest absolute Gasteiger partial charge is 0.237 e. The summed E-state index contributed by atoms with van der Waals surface area (Å²) in [6.07, 6.45) is 0.710. The summed E-state index contributed by atoms with van der Waals surface area (Å²) in [4.78, 5) is 22.7. The molecule has 0 saturated heterocycles. The van der Waals surface area contributed by atoms with Gasteiger partial charge in [-0.15, -0.1) is 0 Å². The van der Waals surface area contributed by atoms with Gasteiger partial charge in [-0.3, -0.25) is 9.59 Å². The maximum atomic E-state index is 12.0. The first-order valence-corrected chi connectivity index (χ1v) is 6.49. The molecule has 102 valence electrons. The van der Waals surface area contributed by atoms with Crippen LogP contribution in [0.15, 0.2) is 24.3 Å². The van der Waals surface area contributed by atoms with E-state index in [0.29, 0.717) is 19.5 Å². The fourth-order valence-corrected chi connectivity index (χ4v) is 2.19. The molecule has 1 heterocycles. The summed E-state index contributed by atoms with van der Waals surface area (Å²) >= 11 is 0. The molecule has 1 atom stereocenters. The van der Waals surface area contributed by atoms with Crippen molar-refractivity contribution in [1.29, 1.82) is 0 Å². The first-order chi connectivity index (χ1) is 9.16. The Hall–Kier alpha value is -1.88. The van der Waals surface area contributed by atoms with Crippen molar-refractivity contribution in [2.24, 2.45) is 0 Å². The van der Waals surface area contributed by atoms with E-state index in [1.807, 2.05) is 12.1 Å². The molecule has 5 heteroatoms. The average Bonchev–Trinajstić information content (AvgIpc) is 2.42. The lowest BCUT2D eigenvalue weighted by atomic mass is 9.95. The molecule has 19 heavy (non-hydrogen) atoms. The van der Waals surface area contributed by atoms with E-state index in [1.54, 1.807) is 0 Å². The number of carbonyl (C=O) groups excluding carboxylic acids is 2. The lowest BCUT2D eigenvalue weighted by Crippen LogP contribution is -2.48. The van der Waals surface area contributed by atoms with E-state index in [2.05, 4.69) is 28.1 Å². The Morgan fingerprint density at radius 1 is 1.21 bits per heavy atom. The second kappa shape index (κ2) is 6.33. The molecule has 0 spiro atoms. The van der Waals surface area contributed by atoms with Crippen molar-refractivity contribution in [2.75, 3.05) is 13.1 Å². The van der Waals surface area contributed by atoms with Crippen LogP contribution < -0.4 is 16.0 Å². The fourth-order valence-electron chi connectivity index (χ4n) is 2.19. The molecule has 2 amide bonds. The number of hydrogen-bond donors (Lipinski definition) is 3. The average molecular weight is 261 g/mol. The zero-order valence-electron chi connectivity index (χ0n) is 11.0. The topological polar surface area (TPSA) is 70.2 Å². The highest BCUT2D eigenvalue weighted by atomic mass is 16.2. The summed E-state index contributed by atoms with van der Waals surface area (Å²) in [6.45, 7) is 3.10. The molecule has 1 aliphatic rings. The van der Waals surface area contributed by atoms with Gasteiger partial charge in [0, 0.05) is 26.6 Å². The second-order valence-corrected chi connectivity index (χ2v) is 4.68. The fraction of sp³-hybridized carbons (Fsp3) is 0.429. The molecule has 0 aromatic heterocycles. The molecule has 5 nitrogen and oxygen atoms in total. The summed E-state index contributed by atoms with van der Waals surface area (Å²) in [5, 5.41) is 8.69. The highest BCUT2D eigenvalue weighted by molar-refractivity contribution is 5.82. The first-order valence-electron chi connectivity index (χ1n) is 6.49. The summed E-state index contributed by atoms with van der Waals surface area (Å²) in [6, 6.07) is 7.96. The molecular weight excluding hydrogens is 242 g/mol. The minimum atomic E-state index is -0.188. The maximum Gasteiger partial charge on any atom is 0.237 e. The molecule has 3 N–H and O–H groups in total. The quantitative estimate of drug-likeness (QED) is 0.666. The van der Waals surface area contributed by atoms with Crippen LogP contribution in [-0.4, -0.2) is 30.9 Å². The number of hydrogen-bond acceptors (Lipinski definition) is 3. The summed E-state index contributed by atoms with van der Waals surface area (Å²) < 4.78 is 0. The molecule has 0 bridgehead atoms. The van der Waals surface area contributed by atoms with Crippen LogP contribution in [0.4, 0.5) is 0 Å². The Morgan fingerprint density at radius 2 is 1.89 bits per heavy atom. The second-order valence-electron chi connectivity index (χ2n) is 4.68. The van der Waals surface area contributed by atoms with Crippen molar-refractivity contribution in [1.82, 2.24) is 16.0 Å². The third kappa shape index (κ3) is 3.79. The van der Waals surface area contributed by atoms with Crippen molar-refractivity contribution in [3.63, 3.8) is 0 Å². The van der Waals surface area contributed by atoms with Gasteiger partial charge in [0.2, 0.25) is 11.8 Å². The van der Waals surface area contributed by atoms with Crippen LogP contribution in [-0.2, 0) is 22.6 Å². The molecule has 1 aliphatic heterocycles. The standard InChI is InChI=1S/C14H19N3O2/c1-10(18)15-6-7-16-14(19)13-8-11-4-2-3-5-12(11)9-17-13/h2-5,13,17H,6-9H2,1H3,(H,15,18)(H,16,19). The van der Waals surface area contributed by atoms with Crippen molar-refractivity contribution in [2.45, 2.75) is 25.9 Å². The Labute approximate surface area is 112 Å². The third-order valence-corrected chi connectivity index (χ3v) is 3.20. The number of rotatable bonds is 4. The van der Waals surface area contributed by atoms with Gasteiger partial charge < -0.3 is 16.0 Å². The maximum absolute atomic E-state index is 12.0. The molecule has 0 fully saturated rings. The van der Waals surface area contributed by atoms with Gasteiger partial charge in [-0.05, 0) is 17.5 Å².